The van der Waals surface area contributed by atoms with Crippen molar-refractivity contribution in [2.45, 2.75) is 31.8 Å². The SMILES string of the molecule is CC(=O)N[C@H](Cc1ccccc1)C(=O)N[C@H](Cc1cccc2ccccc12)C(=O)O. The number of aliphatic carboxylic acids is 1. The molecule has 0 radical (unpaired) electrons. The minimum absolute atomic E-state index is 0.139. The predicted octanol–water partition coefficient (Wildman–Crippen LogP) is 2.70. The van der Waals surface area contributed by atoms with Crippen molar-refractivity contribution in [1.82, 2.24) is 10.6 Å². The fraction of sp³-hybridized carbons (Fsp3) is 0.208. The molecule has 2 atom stereocenters. The Kier molecular flexibility index (Phi) is 6.80. The molecule has 0 fully saturated rings. The minimum atomic E-state index is -1.13. The first-order chi connectivity index (χ1) is 14.4. The molecule has 0 aromatic heterocycles. The number of nitrogens with one attached hydrogen (secondary N) is 2. The molecular weight excluding hydrogens is 380 g/mol. The molecule has 0 saturated carbocycles. The van der Waals surface area contributed by atoms with Gasteiger partial charge in [0.2, 0.25) is 11.8 Å². The number of hydrogen-bond donors (Lipinski definition) is 3. The molecular formula is C24H24N2O4. The number of carboxylic acids is 1. The number of carbonyl (C=O) groups is 3. The summed E-state index contributed by atoms with van der Waals surface area (Å²) < 4.78 is 0. The molecule has 3 aromatic carbocycles. The maximum atomic E-state index is 12.9. The lowest BCUT2D eigenvalue weighted by molar-refractivity contribution is -0.142. The Balaban J connectivity index is 1.79. The summed E-state index contributed by atoms with van der Waals surface area (Å²) in [5.41, 5.74) is 1.70. The second-order valence-electron chi connectivity index (χ2n) is 7.18. The first kappa shape index (κ1) is 21.0. The van der Waals surface area contributed by atoms with Gasteiger partial charge in [0.25, 0.3) is 0 Å². The van der Waals surface area contributed by atoms with E-state index in [0.29, 0.717) is 0 Å². The monoisotopic (exact) mass is 404 g/mol. The molecule has 0 bridgehead atoms. The molecule has 0 heterocycles. The Morgan fingerprint density at radius 2 is 1.47 bits per heavy atom. The second kappa shape index (κ2) is 9.69. The maximum Gasteiger partial charge on any atom is 0.326 e. The van der Waals surface area contributed by atoms with Gasteiger partial charge in [-0.25, -0.2) is 4.79 Å². The van der Waals surface area contributed by atoms with E-state index < -0.39 is 24.0 Å². The van der Waals surface area contributed by atoms with E-state index in [0.717, 1.165) is 21.9 Å². The third-order valence-corrected chi connectivity index (χ3v) is 4.90. The Hall–Kier alpha value is -3.67. The smallest absolute Gasteiger partial charge is 0.326 e. The van der Waals surface area contributed by atoms with Crippen LogP contribution in [0.1, 0.15) is 18.1 Å². The zero-order valence-corrected chi connectivity index (χ0v) is 16.7. The van der Waals surface area contributed by atoms with E-state index in [1.807, 2.05) is 72.8 Å². The molecule has 0 aliphatic carbocycles. The highest BCUT2D eigenvalue weighted by Gasteiger charge is 2.26. The zero-order valence-electron chi connectivity index (χ0n) is 16.7. The fourth-order valence-corrected chi connectivity index (χ4v) is 3.47. The van der Waals surface area contributed by atoms with Crippen molar-refractivity contribution >= 4 is 28.6 Å². The van der Waals surface area contributed by atoms with E-state index in [-0.39, 0.29) is 18.7 Å². The molecule has 0 spiro atoms. The Bertz CT molecular complexity index is 1040. The van der Waals surface area contributed by atoms with Crippen LogP contribution in [0.25, 0.3) is 10.8 Å². The molecule has 2 amide bonds. The number of carboxylic acid groups (broad SMARTS) is 1. The van der Waals surface area contributed by atoms with Gasteiger partial charge < -0.3 is 15.7 Å². The van der Waals surface area contributed by atoms with Gasteiger partial charge in [0.1, 0.15) is 12.1 Å². The summed E-state index contributed by atoms with van der Waals surface area (Å²) >= 11 is 0. The predicted molar refractivity (Wildman–Crippen MR) is 115 cm³/mol. The first-order valence-electron chi connectivity index (χ1n) is 9.75. The molecule has 3 aromatic rings. The Labute approximate surface area is 174 Å². The molecule has 3 N–H and O–H groups in total. The summed E-state index contributed by atoms with van der Waals surface area (Å²) in [7, 11) is 0. The topological polar surface area (TPSA) is 95.5 Å². The lowest BCUT2D eigenvalue weighted by Crippen LogP contribution is -2.52. The van der Waals surface area contributed by atoms with Crippen LogP contribution < -0.4 is 10.6 Å². The van der Waals surface area contributed by atoms with Crippen LogP contribution in [0.3, 0.4) is 0 Å². The molecule has 0 aliphatic rings. The van der Waals surface area contributed by atoms with E-state index in [4.69, 9.17) is 0 Å². The molecule has 0 unspecified atom stereocenters. The molecule has 3 rings (SSSR count). The standard InChI is InChI=1S/C24H24N2O4/c1-16(27)25-21(14-17-8-3-2-4-9-17)23(28)26-22(24(29)30)15-19-12-7-11-18-10-5-6-13-20(18)19/h2-13,21-22H,14-15H2,1H3,(H,25,27)(H,26,28)(H,29,30)/t21-,22-/m1/s1. The Morgan fingerprint density at radius 1 is 0.800 bits per heavy atom. The minimum Gasteiger partial charge on any atom is -0.480 e. The van der Waals surface area contributed by atoms with Gasteiger partial charge in [-0.1, -0.05) is 72.8 Å². The maximum absolute atomic E-state index is 12.9. The lowest BCUT2D eigenvalue weighted by Gasteiger charge is -2.21. The summed E-state index contributed by atoms with van der Waals surface area (Å²) in [6, 6.07) is 20.7. The number of benzene rings is 3. The van der Waals surface area contributed by atoms with Gasteiger partial charge in [-0.05, 0) is 21.9 Å². The van der Waals surface area contributed by atoms with Crippen molar-refractivity contribution < 1.29 is 19.5 Å². The highest BCUT2D eigenvalue weighted by Crippen LogP contribution is 2.20. The highest BCUT2D eigenvalue weighted by molar-refractivity contribution is 5.91. The highest BCUT2D eigenvalue weighted by atomic mass is 16.4. The van der Waals surface area contributed by atoms with Gasteiger partial charge in [0.15, 0.2) is 0 Å². The number of fused-ring (bicyclic) bond motifs is 1. The van der Waals surface area contributed by atoms with Crippen LogP contribution in [-0.4, -0.2) is 35.0 Å². The summed E-state index contributed by atoms with van der Waals surface area (Å²) in [5.74, 6) is -2.01. The third-order valence-electron chi connectivity index (χ3n) is 4.90. The van der Waals surface area contributed by atoms with Crippen molar-refractivity contribution in [3.05, 3.63) is 83.9 Å². The summed E-state index contributed by atoms with van der Waals surface area (Å²) in [6.07, 6.45) is 0.410. The van der Waals surface area contributed by atoms with Gasteiger partial charge in [-0.15, -0.1) is 0 Å². The van der Waals surface area contributed by atoms with Gasteiger partial charge in [-0.3, -0.25) is 9.59 Å². The number of hydrogen-bond acceptors (Lipinski definition) is 3. The normalized spacial score (nSPS) is 12.7. The van der Waals surface area contributed by atoms with Crippen molar-refractivity contribution in [3.63, 3.8) is 0 Å². The van der Waals surface area contributed by atoms with Crippen LogP contribution in [0.4, 0.5) is 0 Å². The van der Waals surface area contributed by atoms with E-state index in [1.165, 1.54) is 6.92 Å². The average Bonchev–Trinajstić information content (AvgIpc) is 2.73. The molecule has 0 aliphatic heterocycles. The van der Waals surface area contributed by atoms with Gasteiger partial charge >= 0.3 is 5.97 Å². The average molecular weight is 404 g/mol. The van der Waals surface area contributed by atoms with Crippen LogP contribution in [0, 0.1) is 0 Å². The molecule has 6 nitrogen and oxygen atoms in total. The number of rotatable bonds is 8. The summed E-state index contributed by atoms with van der Waals surface area (Å²) in [6.45, 7) is 1.33. The van der Waals surface area contributed by atoms with Crippen LogP contribution in [0.15, 0.2) is 72.8 Å². The molecule has 154 valence electrons. The lowest BCUT2D eigenvalue weighted by atomic mass is 9.98. The molecule has 0 saturated heterocycles. The van der Waals surface area contributed by atoms with Crippen LogP contribution >= 0.6 is 0 Å². The van der Waals surface area contributed by atoms with Crippen LogP contribution in [0.5, 0.6) is 0 Å². The van der Waals surface area contributed by atoms with Gasteiger partial charge in [-0.2, -0.15) is 0 Å². The zero-order chi connectivity index (χ0) is 21.5. The summed E-state index contributed by atoms with van der Waals surface area (Å²) in [5, 5.41) is 16.9. The van der Waals surface area contributed by atoms with E-state index in [9.17, 15) is 19.5 Å². The van der Waals surface area contributed by atoms with Crippen LogP contribution in [0.2, 0.25) is 0 Å². The van der Waals surface area contributed by atoms with Crippen molar-refractivity contribution in [1.29, 1.82) is 0 Å². The van der Waals surface area contributed by atoms with E-state index >= 15 is 0 Å². The molecule has 6 heteroatoms. The molecule has 30 heavy (non-hydrogen) atoms. The fourth-order valence-electron chi connectivity index (χ4n) is 3.47. The van der Waals surface area contributed by atoms with Gasteiger partial charge in [0.05, 0.1) is 0 Å². The van der Waals surface area contributed by atoms with Crippen molar-refractivity contribution in [2.24, 2.45) is 0 Å². The quantitative estimate of drug-likeness (QED) is 0.538. The number of amides is 2. The van der Waals surface area contributed by atoms with E-state index in [1.54, 1.807) is 0 Å². The van der Waals surface area contributed by atoms with Gasteiger partial charge in [0, 0.05) is 19.8 Å². The van der Waals surface area contributed by atoms with Crippen molar-refractivity contribution in [3.8, 4) is 0 Å². The Morgan fingerprint density at radius 3 is 2.17 bits per heavy atom. The summed E-state index contributed by atoms with van der Waals surface area (Å²) in [4.78, 5) is 36.3. The first-order valence-corrected chi connectivity index (χ1v) is 9.75. The largest absolute Gasteiger partial charge is 0.480 e. The van der Waals surface area contributed by atoms with E-state index in [2.05, 4.69) is 10.6 Å². The van der Waals surface area contributed by atoms with Crippen molar-refractivity contribution in [2.75, 3.05) is 0 Å². The van der Waals surface area contributed by atoms with Crippen LogP contribution in [-0.2, 0) is 27.2 Å². The number of carbonyl (C=O) groups excluding carboxylic acids is 2. The third kappa shape index (κ3) is 5.44. The second-order valence-corrected chi connectivity index (χ2v) is 7.18.